The lowest BCUT2D eigenvalue weighted by Crippen LogP contribution is -2.11. The van der Waals surface area contributed by atoms with E-state index in [1.165, 1.54) is 6.07 Å². The van der Waals surface area contributed by atoms with Crippen LogP contribution in [0.2, 0.25) is 0 Å². The summed E-state index contributed by atoms with van der Waals surface area (Å²) in [5.41, 5.74) is 9.70. The first-order valence-electron chi connectivity index (χ1n) is 10.3. The van der Waals surface area contributed by atoms with Crippen LogP contribution in [0, 0.1) is 11.9 Å². The summed E-state index contributed by atoms with van der Waals surface area (Å²) in [6, 6.07) is 29.1. The monoisotopic (exact) mass is 423 g/mol. The highest BCUT2D eigenvalue weighted by Crippen LogP contribution is 2.32. The van der Waals surface area contributed by atoms with E-state index in [2.05, 4.69) is 6.07 Å². The van der Waals surface area contributed by atoms with Crippen molar-refractivity contribution in [2.45, 2.75) is 13.2 Å². The van der Waals surface area contributed by atoms with Gasteiger partial charge in [-0.05, 0) is 47.5 Å². The number of halogens is 1. The molecule has 4 nitrogen and oxygen atoms in total. The van der Waals surface area contributed by atoms with Crippen molar-refractivity contribution >= 4 is 27.7 Å². The Balaban J connectivity index is 1.48. The number of carbonyl (C=O) groups excluding carboxylic acids is 1. The molecule has 157 valence electrons. The fourth-order valence-electron chi connectivity index (χ4n) is 4.02. The van der Waals surface area contributed by atoms with Crippen molar-refractivity contribution in [3.05, 3.63) is 114 Å². The van der Waals surface area contributed by atoms with Gasteiger partial charge in [0.05, 0.1) is 11.0 Å². The van der Waals surface area contributed by atoms with Crippen LogP contribution in [0.5, 0.6) is 5.75 Å². The average molecular weight is 423 g/mol. The minimum atomic E-state index is -0.549. The zero-order chi connectivity index (χ0) is 22.1. The number of rotatable bonds is 6. The van der Waals surface area contributed by atoms with E-state index in [-0.39, 0.29) is 0 Å². The van der Waals surface area contributed by atoms with E-state index in [9.17, 15) is 9.18 Å². The number of aromatic nitrogens is 1. The maximum Gasteiger partial charge on any atom is 0.249 e. The average Bonchev–Trinajstić information content (AvgIpc) is 3.12. The van der Waals surface area contributed by atoms with Crippen molar-refractivity contribution < 1.29 is 13.9 Å². The molecule has 0 saturated carbocycles. The highest BCUT2D eigenvalue weighted by molar-refractivity contribution is 6.17. The smallest absolute Gasteiger partial charge is 0.249 e. The summed E-state index contributed by atoms with van der Waals surface area (Å²) in [6.07, 6.45) is 0. The minimum Gasteiger partial charge on any atom is -0.489 e. The zero-order valence-corrected chi connectivity index (χ0v) is 17.2. The molecule has 0 fully saturated rings. The van der Waals surface area contributed by atoms with Gasteiger partial charge in [-0.25, -0.2) is 4.39 Å². The molecule has 0 bridgehead atoms. The molecular weight excluding hydrogens is 403 g/mol. The van der Waals surface area contributed by atoms with Gasteiger partial charge in [-0.15, -0.1) is 0 Å². The van der Waals surface area contributed by atoms with Crippen LogP contribution in [0.25, 0.3) is 21.8 Å². The third-order valence-electron chi connectivity index (χ3n) is 5.54. The van der Waals surface area contributed by atoms with E-state index in [1.54, 1.807) is 18.2 Å². The summed E-state index contributed by atoms with van der Waals surface area (Å²) in [4.78, 5) is 12.0. The van der Waals surface area contributed by atoms with Crippen molar-refractivity contribution in [2.75, 3.05) is 0 Å². The second-order valence-electron chi connectivity index (χ2n) is 7.63. The van der Waals surface area contributed by atoms with Gasteiger partial charge in [0.25, 0.3) is 0 Å². The Labute approximate surface area is 184 Å². The molecule has 5 aromatic rings. The zero-order valence-electron chi connectivity index (χ0n) is 17.2. The van der Waals surface area contributed by atoms with E-state index in [1.807, 2.05) is 65.2 Å². The van der Waals surface area contributed by atoms with Crippen LogP contribution in [0.3, 0.4) is 0 Å². The van der Waals surface area contributed by atoms with Crippen molar-refractivity contribution in [3.63, 3.8) is 0 Å². The minimum absolute atomic E-state index is 0.359. The van der Waals surface area contributed by atoms with Gasteiger partial charge in [0.2, 0.25) is 5.91 Å². The molecule has 0 aliphatic heterocycles. The number of nitrogens with zero attached hydrogens (tertiary/aromatic N) is 1. The molecule has 1 heterocycles. The number of hydrogen-bond acceptors (Lipinski definition) is 2. The predicted molar refractivity (Wildman–Crippen MR) is 123 cm³/mol. The molecule has 1 radical (unpaired) electrons. The van der Waals surface area contributed by atoms with Crippen molar-refractivity contribution in [3.8, 4) is 5.75 Å². The number of fused-ring (bicyclic) bond motifs is 3. The Morgan fingerprint density at radius 3 is 2.41 bits per heavy atom. The van der Waals surface area contributed by atoms with Gasteiger partial charge in [-0.2, -0.15) is 0 Å². The molecule has 32 heavy (non-hydrogen) atoms. The lowest BCUT2D eigenvalue weighted by atomic mass is 10.1. The van der Waals surface area contributed by atoms with Crippen molar-refractivity contribution in [2.24, 2.45) is 5.73 Å². The van der Waals surface area contributed by atoms with Crippen LogP contribution in [0.4, 0.5) is 4.39 Å². The topological polar surface area (TPSA) is 57.2 Å². The molecule has 2 N–H and O–H groups in total. The second kappa shape index (κ2) is 8.19. The van der Waals surface area contributed by atoms with Crippen LogP contribution in [0.15, 0.2) is 84.9 Å². The third-order valence-corrected chi connectivity index (χ3v) is 5.54. The molecule has 5 rings (SSSR count). The van der Waals surface area contributed by atoms with E-state index < -0.39 is 11.7 Å². The second-order valence-corrected chi connectivity index (χ2v) is 7.63. The number of hydrogen-bond donors (Lipinski definition) is 1. The maximum absolute atomic E-state index is 14.0. The highest BCUT2D eigenvalue weighted by atomic mass is 19.1. The Hall–Kier alpha value is -4.12. The number of carbonyl (C=O) groups is 1. The third kappa shape index (κ3) is 3.69. The van der Waals surface area contributed by atoms with Gasteiger partial charge in [0, 0.05) is 28.9 Å². The quantitative estimate of drug-likeness (QED) is 0.394. The summed E-state index contributed by atoms with van der Waals surface area (Å²) in [5, 5.41) is 1.18. The molecule has 0 aliphatic rings. The van der Waals surface area contributed by atoms with Crippen LogP contribution >= 0.6 is 0 Å². The van der Waals surface area contributed by atoms with Gasteiger partial charge in [0.15, 0.2) is 0 Å². The van der Waals surface area contributed by atoms with Crippen LogP contribution in [-0.4, -0.2) is 10.5 Å². The van der Waals surface area contributed by atoms with Crippen LogP contribution in [-0.2, 0) is 13.2 Å². The molecule has 1 amide bonds. The van der Waals surface area contributed by atoms with E-state index >= 15 is 0 Å². The molecule has 0 atom stereocenters. The van der Waals surface area contributed by atoms with E-state index in [0.717, 1.165) is 27.9 Å². The molecule has 4 aromatic carbocycles. The fourth-order valence-corrected chi connectivity index (χ4v) is 4.02. The van der Waals surface area contributed by atoms with E-state index in [4.69, 9.17) is 10.5 Å². The Kier molecular flexibility index (Phi) is 5.07. The summed E-state index contributed by atoms with van der Waals surface area (Å²) in [5.74, 6) is -0.241. The SMILES string of the molecule is NC(=O)c1cccc2c1c1[c]c(F)ccc1n2Cc1ccc(OCc2ccccc2)cc1. The van der Waals surface area contributed by atoms with Gasteiger partial charge in [-0.1, -0.05) is 48.5 Å². The first kappa shape index (κ1) is 19.8. The summed E-state index contributed by atoms with van der Waals surface area (Å²) < 4.78 is 21.9. The largest absolute Gasteiger partial charge is 0.489 e. The van der Waals surface area contributed by atoms with Crippen molar-refractivity contribution in [1.29, 1.82) is 0 Å². The highest BCUT2D eigenvalue weighted by Gasteiger charge is 2.17. The first-order valence-corrected chi connectivity index (χ1v) is 10.3. The molecule has 0 aliphatic carbocycles. The lowest BCUT2D eigenvalue weighted by molar-refractivity contribution is 0.100. The first-order chi connectivity index (χ1) is 15.6. The summed E-state index contributed by atoms with van der Waals surface area (Å²) >= 11 is 0. The number of ether oxygens (including phenoxy) is 1. The molecule has 0 spiro atoms. The number of primary amides is 1. The molecule has 0 saturated heterocycles. The van der Waals surface area contributed by atoms with Gasteiger partial charge in [0.1, 0.15) is 18.2 Å². The number of benzene rings is 4. The predicted octanol–water partition coefficient (Wildman–Crippen LogP) is 5.46. The normalized spacial score (nSPS) is 11.2. The summed E-state index contributed by atoms with van der Waals surface area (Å²) in [7, 11) is 0. The van der Waals surface area contributed by atoms with Gasteiger partial charge in [-0.3, -0.25) is 4.79 Å². The molecular formula is C27H20FN2O2. The molecule has 1 aromatic heterocycles. The van der Waals surface area contributed by atoms with Gasteiger partial charge >= 0.3 is 0 Å². The van der Waals surface area contributed by atoms with Crippen LogP contribution in [0.1, 0.15) is 21.5 Å². The maximum atomic E-state index is 14.0. The fraction of sp³-hybridized carbons (Fsp3) is 0.0741. The van der Waals surface area contributed by atoms with Crippen LogP contribution < -0.4 is 10.5 Å². The number of amides is 1. The standard InChI is InChI=1S/C27H20FN2O2/c28-20-11-14-24-23(15-20)26-22(27(29)31)7-4-8-25(26)30(24)16-18-9-12-21(13-10-18)32-17-19-5-2-1-3-6-19/h1-14H,16-17H2,(H2,29,31). The van der Waals surface area contributed by atoms with E-state index in [0.29, 0.717) is 29.5 Å². The Morgan fingerprint density at radius 2 is 1.66 bits per heavy atom. The molecule has 5 heteroatoms. The Bertz CT molecular complexity index is 1420. The Morgan fingerprint density at radius 1 is 0.875 bits per heavy atom. The lowest BCUT2D eigenvalue weighted by Gasteiger charge is -2.10. The molecule has 0 unspecified atom stereocenters. The van der Waals surface area contributed by atoms with Gasteiger partial charge < -0.3 is 15.0 Å². The van der Waals surface area contributed by atoms with Crippen molar-refractivity contribution in [1.82, 2.24) is 4.57 Å². The summed E-state index contributed by atoms with van der Waals surface area (Å²) in [6.45, 7) is 1.05. The number of nitrogens with two attached hydrogens (primary N) is 1.